The largest absolute Gasteiger partial charge is 0.390 e. The number of pyridine rings is 1. The molecule has 1 N–H and O–H groups in total. The van der Waals surface area contributed by atoms with Crippen LogP contribution in [-0.2, 0) is 6.54 Å². The van der Waals surface area contributed by atoms with Crippen molar-refractivity contribution < 1.29 is 5.11 Å². The molecule has 4 heteroatoms. The number of likely N-dealkylation sites (tertiary alicyclic amines) is 1. The van der Waals surface area contributed by atoms with Crippen LogP contribution in [0, 0.1) is 0 Å². The molecule has 0 bridgehead atoms. The molecule has 3 nitrogen and oxygen atoms in total. The molecular weight excluding hydrogens is 232 g/mol. The summed E-state index contributed by atoms with van der Waals surface area (Å²) < 4.78 is 0.867. The molecule has 0 unspecified atom stereocenters. The molecule has 2 rings (SSSR count). The van der Waals surface area contributed by atoms with Crippen molar-refractivity contribution in [3.63, 3.8) is 0 Å². The third kappa shape index (κ3) is 2.27. The highest BCUT2D eigenvalue weighted by Gasteiger charge is 2.23. The lowest BCUT2D eigenvalue weighted by Crippen LogP contribution is -2.49. The monoisotopic (exact) mass is 242 g/mol. The van der Waals surface area contributed by atoms with Gasteiger partial charge in [-0.05, 0) is 33.6 Å². The average Bonchev–Trinajstić information content (AvgIpc) is 2.01. The smallest absolute Gasteiger partial charge is 0.106 e. The van der Waals surface area contributed by atoms with Crippen molar-refractivity contribution in [2.24, 2.45) is 0 Å². The molecule has 0 atom stereocenters. The van der Waals surface area contributed by atoms with Gasteiger partial charge in [0.05, 0.1) is 6.10 Å². The Labute approximate surface area is 85.5 Å². The minimum Gasteiger partial charge on any atom is -0.390 e. The van der Waals surface area contributed by atoms with Crippen molar-refractivity contribution in [2.45, 2.75) is 12.6 Å². The zero-order valence-electron chi connectivity index (χ0n) is 7.15. The van der Waals surface area contributed by atoms with Crippen LogP contribution in [0.4, 0.5) is 0 Å². The fourth-order valence-corrected chi connectivity index (χ4v) is 1.88. The first-order chi connectivity index (χ1) is 6.24. The van der Waals surface area contributed by atoms with Gasteiger partial charge in [0, 0.05) is 25.8 Å². The van der Waals surface area contributed by atoms with Crippen LogP contribution in [0.1, 0.15) is 5.56 Å². The van der Waals surface area contributed by atoms with E-state index in [1.165, 1.54) is 5.56 Å². The van der Waals surface area contributed by atoms with E-state index < -0.39 is 0 Å². The minimum absolute atomic E-state index is 0.120. The summed E-state index contributed by atoms with van der Waals surface area (Å²) in [5, 5.41) is 9.09. The lowest BCUT2D eigenvalue weighted by molar-refractivity contribution is -0.00288. The van der Waals surface area contributed by atoms with Gasteiger partial charge in [0.25, 0.3) is 0 Å². The van der Waals surface area contributed by atoms with Crippen LogP contribution in [0.2, 0.25) is 0 Å². The molecule has 2 heterocycles. The first-order valence-corrected chi connectivity index (χ1v) is 5.04. The highest BCUT2D eigenvalue weighted by atomic mass is 79.9. The predicted octanol–water partition coefficient (Wildman–Crippen LogP) is 1.02. The van der Waals surface area contributed by atoms with Crippen molar-refractivity contribution in [1.29, 1.82) is 0 Å². The first-order valence-electron chi connectivity index (χ1n) is 4.25. The van der Waals surface area contributed by atoms with E-state index in [1.807, 2.05) is 12.1 Å². The molecule has 1 fully saturated rings. The molecule has 1 saturated heterocycles. The molecule has 0 aromatic carbocycles. The van der Waals surface area contributed by atoms with E-state index in [0.717, 1.165) is 24.2 Å². The highest BCUT2D eigenvalue weighted by Crippen LogP contribution is 2.14. The molecule has 0 radical (unpaired) electrons. The van der Waals surface area contributed by atoms with Crippen LogP contribution >= 0.6 is 15.9 Å². The molecule has 0 amide bonds. The fourth-order valence-electron chi connectivity index (χ4n) is 1.47. The van der Waals surface area contributed by atoms with Crippen molar-refractivity contribution in [2.75, 3.05) is 13.1 Å². The maximum absolute atomic E-state index is 9.09. The van der Waals surface area contributed by atoms with Gasteiger partial charge in [-0.15, -0.1) is 0 Å². The summed E-state index contributed by atoms with van der Waals surface area (Å²) in [6, 6.07) is 4.00. The second-order valence-corrected chi connectivity index (χ2v) is 4.15. The maximum Gasteiger partial charge on any atom is 0.106 e. The van der Waals surface area contributed by atoms with E-state index in [9.17, 15) is 0 Å². The van der Waals surface area contributed by atoms with Gasteiger partial charge in [-0.2, -0.15) is 0 Å². The molecule has 0 spiro atoms. The van der Waals surface area contributed by atoms with E-state index in [4.69, 9.17) is 5.11 Å². The Kier molecular flexibility index (Phi) is 2.62. The zero-order chi connectivity index (χ0) is 9.26. The third-order valence-corrected chi connectivity index (χ3v) is 2.57. The van der Waals surface area contributed by atoms with Crippen LogP contribution in [0.15, 0.2) is 22.9 Å². The Morgan fingerprint density at radius 3 is 3.00 bits per heavy atom. The Hall–Kier alpha value is -0.450. The Morgan fingerprint density at radius 1 is 1.62 bits per heavy atom. The number of aliphatic hydroxyl groups is 1. The molecule has 1 aromatic rings. The van der Waals surface area contributed by atoms with E-state index in [0.29, 0.717) is 0 Å². The van der Waals surface area contributed by atoms with Crippen molar-refractivity contribution >= 4 is 15.9 Å². The molecule has 70 valence electrons. The minimum atomic E-state index is -0.120. The third-order valence-electron chi connectivity index (χ3n) is 2.14. The molecule has 0 saturated carbocycles. The summed E-state index contributed by atoms with van der Waals surface area (Å²) in [5.74, 6) is 0. The molecule has 1 aromatic heterocycles. The molecule has 13 heavy (non-hydrogen) atoms. The van der Waals surface area contributed by atoms with Gasteiger partial charge in [0.2, 0.25) is 0 Å². The summed E-state index contributed by atoms with van der Waals surface area (Å²) in [4.78, 5) is 6.26. The van der Waals surface area contributed by atoms with E-state index >= 15 is 0 Å². The SMILES string of the molecule is OC1CN(Cc2ccnc(Br)c2)C1. The quantitative estimate of drug-likeness (QED) is 0.788. The molecule has 1 aliphatic heterocycles. The average molecular weight is 243 g/mol. The van der Waals surface area contributed by atoms with Gasteiger partial charge in [-0.25, -0.2) is 4.98 Å². The number of aromatic nitrogens is 1. The summed E-state index contributed by atoms with van der Waals surface area (Å²) in [7, 11) is 0. The van der Waals surface area contributed by atoms with Gasteiger partial charge in [0.1, 0.15) is 4.60 Å². The lowest BCUT2D eigenvalue weighted by atomic mass is 10.1. The zero-order valence-corrected chi connectivity index (χ0v) is 8.74. The normalized spacial score (nSPS) is 18.6. The number of β-amino-alcohol motifs (C(OH)–C–C–N with tert-alkyl or cyclic N) is 1. The second-order valence-electron chi connectivity index (χ2n) is 3.33. The number of hydrogen-bond donors (Lipinski definition) is 1. The van der Waals surface area contributed by atoms with Crippen LogP contribution < -0.4 is 0 Å². The number of rotatable bonds is 2. The van der Waals surface area contributed by atoms with E-state index in [2.05, 4.69) is 25.8 Å². The summed E-state index contributed by atoms with van der Waals surface area (Å²) >= 11 is 3.32. The van der Waals surface area contributed by atoms with Crippen LogP contribution in [-0.4, -0.2) is 34.2 Å². The predicted molar refractivity (Wildman–Crippen MR) is 53.2 cm³/mol. The van der Waals surface area contributed by atoms with E-state index in [1.54, 1.807) is 6.20 Å². The topological polar surface area (TPSA) is 36.4 Å². The Balaban J connectivity index is 1.94. The van der Waals surface area contributed by atoms with Gasteiger partial charge in [-0.1, -0.05) is 0 Å². The van der Waals surface area contributed by atoms with Gasteiger partial charge in [0.15, 0.2) is 0 Å². The molecule has 1 aliphatic rings. The number of hydrogen-bond acceptors (Lipinski definition) is 3. The standard InChI is InChI=1S/C9H11BrN2O/c10-9-3-7(1-2-11-9)4-12-5-8(13)6-12/h1-3,8,13H,4-6H2. The van der Waals surface area contributed by atoms with Gasteiger partial charge >= 0.3 is 0 Å². The Morgan fingerprint density at radius 2 is 2.38 bits per heavy atom. The van der Waals surface area contributed by atoms with Crippen molar-refractivity contribution in [3.8, 4) is 0 Å². The summed E-state index contributed by atoms with van der Waals surface area (Å²) in [5.41, 5.74) is 1.23. The summed E-state index contributed by atoms with van der Waals surface area (Å²) in [6.45, 7) is 2.48. The number of aliphatic hydroxyl groups excluding tert-OH is 1. The lowest BCUT2D eigenvalue weighted by Gasteiger charge is -2.35. The second kappa shape index (κ2) is 3.74. The molecule has 0 aliphatic carbocycles. The van der Waals surface area contributed by atoms with Crippen molar-refractivity contribution in [3.05, 3.63) is 28.5 Å². The van der Waals surface area contributed by atoms with Crippen LogP contribution in [0.25, 0.3) is 0 Å². The number of nitrogens with zero attached hydrogens (tertiary/aromatic N) is 2. The first kappa shape index (κ1) is 9.12. The maximum atomic E-state index is 9.09. The summed E-state index contributed by atoms with van der Waals surface area (Å²) in [6.07, 6.45) is 1.67. The van der Waals surface area contributed by atoms with E-state index in [-0.39, 0.29) is 6.10 Å². The van der Waals surface area contributed by atoms with Crippen molar-refractivity contribution in [1.82, 2.24) is 9.88 Å². The number of halogens is 1. The Bertz CT molecular complexity index is 299. The fraction of sp³-hybridized carbons (Fsp3) is 0.444. The molecular formula is C9H11BrN2O. The van der Waals surface area contributed by atoms with Gasteiger partial charge < -0.3 is 5.11 Å². The van der Waals surface area contributed by atoms with Gasteiger partial charge in [-0.3, -0.25) is 4.90 Å². The van der Waals surface area contributed by atoms with Crippen LogP contribution in [0.5, 0.6) is 0 Å². The highest BCUT2D eigenvalue weighted by molar-refractivity contribution is 9.10. The van der Waals surface area contributed by atoms with Crippen LogP contribution in [0.3, 0.4) is 0 Å².